The van der Waals surface area contributed by atoms with E-state index >= 15 is 0 Å². The van der Waals surface area contributed by atoms with Gasteiger partial charge in [-0.05, 0) is 30.3 Å². The molecule has 0 saturated heterocycles. The molecule has 0 bridgehead atoms. The average molecular weight is 354 g/mol. The number of carbonyl (C=O) groups is 1. The van der Waals surface area contributed by atoms with Gasteiger partial charge in [0.15, 0.2) is 0 Å². The molecule has 3 aromatic heterocycles. The lowest BCUT2D eigenvalue weighted by Gasteiger charge is -2.08. The van der Waals surface area contributed by atoms with Crippen molar-refractivity contribution in [3.05, 3.63) is 65.4 Å². The summed E-state index contributed by atoms with van der Waals surface area (Å²) in [5, 5.41) is 7.08. The van der Waals surface area contributed by atoms with Crippen molar-refractivity contribution >= 4 is 28.8 Å². The minimum absolute atomic E-state index is 0.318. The molecule has 124 valence electrons. The van der Waals surface area contributed by atoms with Crippen molar-refractivity contribution in [1.29, 1.82) is 0 Å². The highest BCUT2D eigenvalue weighted by Gasteiger charge is 2.15. The molecule has 0 radical (unpaired) electrons. The third kappa shape index (κ3) is 2.85. The number of aromatic nitrogens is 4. The SMILES string of the molecule is Cc1nc(-c2ccc(Cl)c(NC(=O)c3cnc4ccccn34)c2)no1. The van der Waals surface area contributed by atoms with Crippen molar-refractivity contribution < 1.29 is 9.32 Å². The van der Waals surface area contributed by atoms with E-state index < -0.39 is 0 Å². The monoisotopic (exact) mass is 353 g/mol. The number of rotatable bonds is 3. The van der Waals surface area contributed by atoms with Crippen LogP contribution in [0.15, 0.2) is 53.3 Å². The van der Waals surface area contributed by atoms with Gasteiger partial charge in [-0.25, -0.2) is 4.98 Å². The summed E-state index contributed by atoms with van der Waals surface area (Å²) in [5.74, 6) is 0.572. The third-order valence-corrected chi connectivity index (χ3v) is 3.98. The zero-order chi connectivity index (χ0) is 17.4. The Morgan fingerprint density at radius 3 is 2.96 bits per heavy atom. The smallest absolute Gasteiger partial charge is 0.274 e. The number of carbonyl (C=O) groups excluding carboxylic acids is 1. The van der Waals surface area contributed by atoms with E-state index in [1.807, 2.05) is 18.2 Å². The van der Waals surface area contributed by atoms with E-state index in [-0.39, 0.29) is 5.91 Å². The van der Waals surface area contributed by atoms with Crippen LogP contribution < -0.4 is 5.32 Å². The van der Waals surface area contributed by atoms with E-state index in [9.17, 15) is 4.79 Å². The summed E-state index contributed by atoms with van der Waals surface area (Å²) < 4.78 is 6.69. The number of pyridine rings is 1. The van der Waals surface area contributed by atoms with Gasteiger partial charge in [0, 0.05) is 18.7 Å². The van der Waals surface area contributed by atoms with E-state index in [0.717, 1.165) is 0 Å². The lowest BCUT2D eigenvalue weighted by Crippen LogP contribution is -2.14. The normalized spacial score (nSPS) is 11.0. The maximum atomic E-state index is 12.6. The maximum absolute atomic E-state index is 12.6. The van der Waals surface area contributed by atoms with Crippen molar-refractivity contribution in [3.8, 4) is 11.4 Å². The standard InChI is InChI=1S/C17H12ClN5O2/c1-10-20-16(22-25-10)11-5-6-12(18)13(8-11)21-17(24)14-9-19-15-4-2-3-7-23(14)15/h2-9H,1H3,(H,21,24). The maximum Gasteiger partial charge on any atom is 0.274 e. The van der Waals surface area contributed by atoms with Crippen molar-refractivity contribution in [2.75, 3.05) is 5.32 Å². The molecule has 0 fully saturated rings. The molecule has 1 N–H and O–H groups in total. The Morgan fingerprint density at radius 2 is 2.16 bits per heavy atom. The molecule has 3 heterocycles. The summed E-state index contributed by atoms with van der Waals surface area (Å²) >= 11 is 6.21. The number of fused-ring (bicyclic) bond motifs is 1. The first kappa shape index (κ1) is 15.3. The number of imidazole rings is 1. The summed E-state index contributed by atoms with van der Waals surface area (Å²) in [4.78, 5) is 21.0. The Bertz CT molecular complexity index is 1090. The van der Waals surface area contributed by atoms with Gasteiger partial charge < -0.3 is 9.84 Å². The third-order valence-electron chi connectivity index (χ3n) is 3.65. The van der Waals surface area contributed by atoms with Gasteiger partial charge in [0.1, 0.15) is 11.3 Å². The molecule has 0 saturated carbocycles. The second kappa shape index (κ2) is 6.03. The molecule has 0 aliphatic rings. The van der Waals surface area contributed by atoms with E-state index in [0.29, 0.717) is 39.3 Å². The number of nitrogens with one attached hydrogen (secondary N) is 1. The zero-order valence-corrected chi connectivity index (χ0v) is 13.9. The summed E-state index contributed by atoms with van der Waals surface area (Å²) in [6, 6.07) is 10.6. The number of hydrogen-bond acceptors (Lipinski definition) is 5. The number of hydrogen-bond donors (Lipinski definition) is 1. The van der Waals surface area contributed by atoms with Gasteiger partial charge in [-0.15, -0.1) is 0 Å². The number of halogens is 1. The van der Waals surface area contributed by atoms with E-state index in [1.165, 1.54) is 6.20 Å². The second-order valence-corrected chi connectivity index (χ2v) is 5.77. The second-order valence-electron chi connectivity index (χ2n) is 5.36. The molecular formula is C17H12ClN5O2. The van der Waals surface area contributed by atoms with Gasteiger partial charge >= 0.3 is 0 Å². The molecule has 4 aromatic rings. The molecule has 0 atom stereocenters. The van der Waals surface area contributed by atoms with Crippen LogP contribution in [-0.4, -0.2) is 25.4 Å². The van der Waals surface area contributed by atoms with Gasteiger partial charge in [-0.3, -0.25) is 9.20 Å². The van der Waals surface area contributed by atoms with Gasteiger partial charge in [-0.2, -0.15) is 4.98 Å². The summed E-state index contributed by atoms with van der Waals surface area (Å²) in [5.41, 5.74) is 2.24. The highest BCUT2D eigenvalue weighted by atomic mass is 35.5. The molecule has 1 aromatic carbocycles. The van der Waals surface area contributed by atoms with Gasteiger partial charge in [0.2, 0.25) is 11.7 Å². The van der Waals surface area contributed by atoms with Crippen molar-refractivity contribution in [2.45, 2.75) is 6.92 Å². The van der Waals surface area contributed by atoms with Crippen LogP contribution in [0.4, 0.5) is 5.69 Å². The first-order valence-electron chi connectivity index (χ1n) is 7.45. The summed E-state index contributed by atoms with van der Waals surface area (Å²) in [6.07, 6.45) is 3.29. The van der Waals surface area contributed by atoms with Crippen molar-refractivity contribution in [1.82, 2.24) is 19.5 Å². The molecule has 0 spiro atoms. The minimum Gasteiger partial charge on any atom is -0.339 e. The van der Waals surface area contributed by atoms with Crippen LogP contribution >= 0.6 is 11.6 Å². The molecule has 7 nitrogen and oxygen atoms in total. The van der Waals surface area contributed by atoms with Crippen LogP contribution in [0.1, 0.15) is 16.4 Å². The van der Waals surface area contributed by atoms with Crippen LogP contribution in [0.5, 0.6) is 0 Å². The number of amides is 1. The Morgan fingerprint density at radius 1 is 1.28 bits per heavy atom. The number of benzene rings is 1. The number of nitrogens with zero attached hydrogens (tertiary/aromatic N) is 4. The predicted molar refractivity (Wildman–Crippen MR) is 92.6 cm³/mol. The molecule has 25 heavy (non-hydrogen) atoms. The number of anilines is 1. The van der Waals surface area contributed by atoms with Gasteiger partial charge in [-0.1, -0.05) is 22.8 Å². The molecular weight excluding hydrogens is 342 g/mol. The highest BCUT2D eigenvalue weighted by Crippen LogP contribution is 2.28. The van der Waals surface area contributed by atoms with Crippen LogP contribution in [0, 0.1) is 6.92 Å². The fourth-order valence-electron chi connectivity index (χ4n) is 2.46. The fraction of sp³-hybridized carbons (Fsp3) is 0.0588. The Labute approximate surface area is 147 Å². The van der Waals surface area contributed by atoms with E-state index in [1.54, 1.807) is 35.7 Å². The summed E-state index contributed by atoms with van der Waals surface area (Å²) in [7, 11) is 0. The highest BCUT2D eigenvalue weighted by molar-refractivity contribution is 6.34. The molecule has 0 unspecified atom stereocenters. The lowest BCUT2D eigenvalue weighted by molar-refractivity contribution is 0.102. The molecule has 0 aliphatic carbocycles. The fourth-order valence-corrected chi connectivity index (χ4v) is 2.63. The van der Waals surface area contributed by atoms with Crippen LogP contribution in [0.25, 0.3) is 17.0 Å². The minimum atomic E-state index is -0.318. The topological polar surface area (TPSA) is 85.3 Å². The Balaban J connectivity index is 1.67. The molecule has 1 amide bonds. The van der Waals surface area contributed by atoms with Crippen molar-refractivity contribution in [2.24, 2.45) is 0 Å². The molecule has 4 rings (SSSR count). The van der Waals surface area contributed by atoms with Crippen LogP contribution in [-0.2, 0) is 0 Å². The number of aryl methyl sites for hydroxylation is 1. The molecule has 0 aliphatic heterocycles. The quantitative estimate of drug-likeness (QED) is 0.608. The van der Waals surface area contributed by atoms with Crippen LogP contribution in [0.3, 0.4) is 0 Å². The van der Waals surface area contributed by atoms with Crippen LogP contribution in [0.2, 0.25) is 5.02 Å². The first-order chi connectivity index (χ1) is 12.1. The average Bonchev–Trinajstić information content (AvgIpc) is 3.23. The Kier molecular flexibility index (Phi) is 3.70. The first-order valence-corrected chi connectivity index (χ1v) is 7.83. The van der Waals surface area contributed by atoms with E-state index in [4.69, 9.17) is 16.1 Å². The zero-order valence-electron chi connectivity index (χ0n) is 13.1. The van der Waals surface area contributed by atoms with Crippen molar-refractivity contribution in [3.63, 3.8) is 0 Å². The summed E-state index contributed by atoms with van der Waals surface area (Å²) in [6.45, 7) is 1.71. The Hall–Kier alpha value is -3.19. The molecule has 8 heteroatoms. The predicted octanol–water partition coefficient (Wildman–Crippen LogP) is 3.60. The van der Waals surface area contributed by atoms with E-state index in [2.05, 4.69) is 20.4 Å². The lowest BCUT2D eigenvalue weighted by atomic mass is 10.2. The largest absolute Gasteiger partial charge is 0.339 e. The van der Waals surface area contributed by atoms with Gasteiger partial charge in [0.25, 0.3) is 5.91 Å². The van der Waals surface area contributed by atoms with Gasteiger partial charge in [0.05, 0.1) is 16.9 Å².